The second kappa shape index (κ2) is 9.35. The van der Waals surface area contributed by atoms with Crippen LogP contribution in [0.5, 0.6) is 0 Å². The van der Waals surface area contributed by atoms with Gasteiger partial charge < -0.3 is 14.3 Å². The maximum atomic E-state index is 9.62. The van der Waals surface area contributed by atoms with Gasteiger partial charge in [0.1, 0.15) is 0 Å². The quantitative estimate of drug-likeness (QED) is 0.483. The zero-order valence-electron chi connectivity index (χ0n) is 4.85. The fourth-order valence-corrected chi connectivity index (χ4v) is 0.516. The molecule has 0 unspecified atom stereocenters. The van der Waals surface area contributed by atoms with Crippen LogP contribution in [0.2, 0.25) is 0 Å². The van der Waals surface area contributed by atoms with E-state index in [4.69, 9.17) is 0 Å². The van der Waals surface area contributed by atoms with E-state index in [1.807, 2.05) is 0 Å². The van der Waals surface area contributed by atoms with Crippen LogP contribution in [-0.2, 0) is 38.7 Å². The van der Waals surface area contributed by atoms with E-state index in [-0.39, 0.29) is 40.2 Å². The number of rotatable bonds is 2. The van der Waals surface area contributed by atoms with Gasteiger partial charge in [0.25, 0.3) is 0 Å². The minimum atomic E-state index is -2.64. The SMILES string of the molecule is CC(C)OP([O-])[O-].[Cu+].[Cu+]. The van der Waals surface area contributed by atoms with Crippen LogP contribution in [0.15, 0.2) is 0 Å². The Morgan fingerprint density at radius 1 is 1.22 bits per heavy atom. The predicted octanol–water partition coefficient (Wildman–Crippen LogP) is -0.646. The molecule has 3 nitrogen and oxygen atoms in total. The standard InChI is InChI=1S/C3H7O3P.2Cu/c1-3(2)6-7(4)5;;/h3H,1-2H3;;/q-2;2*+1. The van der Waals surface area contributed by atoms with Crippen molar-refractivity contribution in [2.45, 2.75) is 20.0 Å². The summed E-state index contributed by atoms with van der Waals surface area (Å²) in [6, 6.07) is 0. The molecule has 0 atom stereocenters. The molecule has 0 saturated heterocycles. The van der Waals surface area contributed by atoms with Gasteiger partial charge in [0.2, 0.25) is 0 Å². The minimum absolute atomic E-state index is 0. The fraction of sp³-hybridized carbons (Fsp3) is 1.00. The first kappa shape index (κ1) is 16.7. The Kier molecular flexibility index (Phi) is 17.4. The van der Waals surface area contributed by atoms with Gasteiger partial charge in [-0.15, -0.1) is 0 Å². The Morgan fingerprint density at radius 3 is 1.56 bits per heavy atom. The van der Waals surface area contributed by atoms with Crippen LogP contribution in [0.25, 0.3) is 0 Å². The van der Waals surface area contributed by atoms with Gasteiger partial charge in [-0.1, -0.05) is 0 Å². The van der Waals surface area contributed by atoms with Gasteiger partial charge in [-0.05, 0) is 13.8 Å². The summed E-state index contributed by atoms with van der Waals surface area (Å²) >= 11 is 0. The number of hydrogen-bond acceptors (Lipinski definition) is 3. The van der Waals surface area contributed by atoms with Gasteiger partial charge in [0, 0.05) is 0 Å². The largest absolute Gasteiger partial charge is 1.00 e. The fourth-order valence-electron chi connectivity index (χ4n) is 0.172. The molecule has 0 aromatic heterocycles. The molecular formula is C3H7Cu2O3P. The monoisotopic (exact) mass is 248 g/mol. The average Bonchev–Trinajstić information content (AvgIpc) is 1.27. The van der Waals surface area contributed by atoms with Crippen LogP contribution in [0, 0.1) is 0 Å². The molecule has 0 saturated carbocycles. The molecular weight excluding hydrogens is 242 g/mol. The zero-order valence-corrected chi connectivity index (χ0v) is 7.63. The van der Waals surface area contributed by atoms with Crippen LogP contribution in [0.3, 0.4) is 0 Å². The van der Waals surface area contributed by atoms with Crippen molar-refractivity contribution in [3.8, 4) is 0 Å². The Balaban J connectivity index is -0.000000180. The third-order valence-corrected chi connectivity index (χ3v) is 0.891. The van der Waals surface area contributed by atoms with E-state index in [2.05, 4.69) is 4.52 Å². The molecule has 0 fully saturated rings. The van der Waals surface area contributed by atoms with E-state index in [0.717, 1.165) is 0 Å². The van der Waals surface area contributed by atoms with E-state index >= 15 is 0 Å². The van der Waals surface area contributed by atoms with Gasteiger partial charge in [0.05, 0.1) is 6.10 Å². The van der Waals surface area contributed by atoms with E-state index in [1.54, 1.807) is 13.8 Å². The first-order valence-electron chi connectivity index (χ1n) is 1.94. The van der Waals surface area contributed by atoms with Crippen LogP contribution >= 0.6 is 8.60 Å². The smallest absolute Gasteiger partial charge is 0.820 e. The molecule has 0 bridgehead atoms. The molecule has 0 radical (unpaired) electrons. The van der Waals surface area contributed by atoms with Crippen LogP contribution in [-0.4, -0.2) is 6.10 Å². The van der Waals surface area contributed by atoms with Gasteiger partial charge in [-0.3, -0.25) is 0 Å². The molecule has 0 aliphatic carbocycles. The molecule has 0 aliphatic rings. The van der Waals surface area contributed by atoms with Crippen molar-refractivity contribution in [2.24, 2.45) is 0 Å². The summed E-state index contributed by atoms with van der Waals surface area (Å²) in [5, 5.41) is 0. The Bertz CT molecular complexity index is 46.3. The molecule has 0 aliphatic heterocycles. The summed E-state index contributed by atoms with van der Waals surface area (Å²) in [4.78, 5) is 19.2. The Hall–Kier alpha value is 1.35. The van der Waals surface area contributed by atoms with Crippen molar-refractivity contribution in [1.29, 1.82) is 0 Å². The van der Waals surface area contributed by atoms with Crippen molar-refractivity contribution in [3.05, 3.63) is 0 Å². The summed E-state index contributed by atoms with van der Waals surface area (Å²) < 4.78 is 4.20. The minimum Gasteiger partial charge on any atom is -0.820 e. The van der Waals surface area contributed by atoms with E-state index in [0.29, 0.717) is 0 Å². The normalized spacial score (nSPS) is 8.67. The molecule has 0 N–H and O–H groups in total. The van der Waals surface area contributed by atoms with E-state index < -0.39 is 8.60 Å². The molecule has 6 heteroatoms. The van der Waals surface area contributed by atoms with Gasteiger partial charge in [-0.25, -0.2) is 0 Å². The van der Waals surface area contributed by atoms with E-state index in [9.17, 15) is 9.79 Å². The second-order valence-corrected chi connectivity index (χ2v) is 2.04. The summed E-state index contributed by atoms with van der Waals surface area (Å²) in [6.45, 7) is 3.32. The van der Waals surface area contributed by atoms with Crippen molar-refractivity contribution in [3.63, 3.8) is 0 Å². The topological polar surface area (TPSA) is 55.3 Å². The maximum Gasteiger partial charge on any atom is 1.00 e. The zero-order chi connectivity index (χ0) is 5.86. The van der Waals surface area contributed by atoms with Crippen LogP contribution < -0.4 is 9.79 Å². The maximum absolute atomic E-state index is 9.62. The first-order valence-corrected chi connectivity index (χ1v) is 3.03. The molecule has 0 aromatic rings. The third kappa shape index (κ3) is 17.6. The molecule has 0 rings (SSSR count). The average molecular weight is 249 g/mol. The van der Waals surface area contributed by atoms with E-state index in [1.165, 1.54) is 0 Å². The van der Waals surface area contributed by atoms with Crippen molar-refractivity contribution in [1.82, 2.24) is 0 Å². The first-order chi connectivity index (χ1) is 3.13. The molecule has 64 valence electrons. The Morgan fingerprint density at radius 2 is 1.56 bits per heavy atom. The van der Waals surface area contributed by atoms with Crippen LogP contribution in [0.4, 0.5) is 0 Å². The molecule has 0 aromatic carbocycles. The summed E-state index contributed by atoms with van der Waals surface area (Å²) in [5.74, 6) is 0. The van der Waals surface area contributed by atoms with Crippen molar-refractivity contribution in [2.75, 3.05) is 0 Å². The van der Waals surface area contributed by atoms with Crippen molar-refractivity contribution >= 4 is 8.60 Å². The van der Waals surface area contributed by atoms with Gasteiger partial charge in [-0.2, -0.15) is 8.60 Å². The molecule has 0 amide bonds. The summed E-state index contributed by atoms with van der Waals surface area (Å²) in [5.41, 5.74) is 0. The molecule has 0 spiro atoms. The molecule has 0 heterocycles. The predicted molar refractivity (Wildman–Crippen MR) is 23.1 cm³/mol. The van der Waals surface area contributed by atoms with Crippen molar-refractivity contribution < 1.29 is 48.4 Å². The Labute approximate surface area is 77.1 Å². The summed E-state index contributed by atoms with van der Waals surface area (Å²) in [7, 11) is -2.64. The number of hydrogen-bond donors (Lipinski definition) is 0. The third-order valence-electron chi connectivity index (χ3n) is 0.297. The summed E-state index contributed by atoms with van der Waals surface area (Å²) in [6.07, 6.45) is -0.221. The van der Waals surface area contributed by atoms with Gasteiger partial charge in [0.15, 0.2) is 0 Å². The van der Waals surface area contributed by atoms with Gasteiger partial charge >= 0.3 is 34.1 Å². The second-order valence-electron chi connectivity index (χ2n) is 1.38. The molecule has 9 heavy (non-hydrogen) atoms. The van der Waals surface area contributed by atoms with Crippen LogP contribution in [0.1, 0.15) is 13.8 Å².